The molecule has 1 heterocycles. The lowest BCUT2D eigenvalue weighted by Gasteiger charge is -2.08. The van der Waals surface area contributed by atoms with Crippen LogP contribution in [0.15, 0.2) is 53.4 Å². The molecule has 0 aliphatic rings. The zero-order valence-corrected chi connectivity index (χ0v) is 12.3. The van der Waals surface area contributed by atoms with Gasteiger partial charge >= 0.3 is 0 Å². The Kier molecular flexibility index (Phi) is 3.18. The predicted octanol–water partition coefficient (Wildman–Crippen LogP) is 2.49. The van der Waals surface area contributed by atoms with E-state index >= 15 is 0 Å². The number of imidazole rings is 1. The molecule has 8 heteroatoms. The van der Waals surface area contributed by atoms with Crippen LogP contribution in [0.4, 0.5) is 5.69 Å². The van der Waals surface area contributed by atoms with Crippen LogP contribution in [0.5, 0.6) is 0 Å². The van der Waals surface area contributed by atoms with Crippen LogP contribution in [0.2, 0.25) is 0 Å². The molecule has 0 aliphatic heterocycles. The van der Waals surface area contributed by atoms with Crippen LogP contribution < -0.4 is 0 Å². The van der Waals surface area contributed by atoms with Gasteiger partial charge < -0.3 is 0 Å². The van der Waals surface area contributed by atoms with Gasteiger partial charge in [-0.2, -0.15) is 0 Å². The summed E-state index contributed by atoms with van der Waals surface area (Å²) in [6.45, 7) is 1.60. The molecule has 1 aromatic heterocycles. The van der Waals surface area contributed by atoms with Crippen molar-refractivity contribution in [2.45, 2.75) is 11.8 Å². The second-order valence-corrected chi connectivity index (χ2v) is 6.45. The molecule has 2 aromatic carbocycles. The summed E-state index contributed by atoms with van der Waals surface area (Å²) < 4.78 is 26.7. The number of hydrogen-bond acceptors (Lipinski definition) is 5. The van der Waals surface area contributed by atoms with Crippen molar-refractivity contribution in [2.24, 2.45) is 0 Å². The van der Waals surface area contributed by atoms with E-state index < -0.39 is 14.9 Å². The molecule has 22 heavy (non-hydrogen) atoms. The lowest BCUT2D eigenvalue weighted by molar-refractivity contribution is -0.384. The molecule has 0 saturated heterocycles. The Morgan fingerprint density at radius 1 is 1.09 bits per heavy atom. The van der Waals surface area contributed by atoms with Gasteiger partial charge in [-0.1, -0.05) is 12.1 Å². The fourth-order valence-corrected chi connectivity index (χ4v) is 3.77. The summed E-state index contributed by atoms with van der Waals surface area (Å²) in [7, 11) is -3.86. The number of nitrogens with zero attached hydrogens (tertiary/aromatic N) is 3. The van der Waals surface area contributed by atoms with Gasteiger partial charge in [-0.05, 0) is 31.2 Å². The minimum Gasteiger partial charge on any atom is -0.258 e. The van der Waals surface area contributed by atoms with Crippen LogP contribution >= 0.6 is 0 Å². The Morgan fingerprint density at radius 2 is 1.73 bits per heavy atom. The van der Waals surface area contributed by atoms with Crippen molar-refractivity contribution in [1.82, 2.24) is 8.96 Å². The number of aryl methyl sites for hydroxylation is 1. The highest BCUT2D eigenvalue weighted by atomic mass is 32.2. The Bertz CT molecular complexity index is 975. The molecule has 0 aliphatic carbocycles. The summed E-state index contributed by atoms with van der Waals surface area (Å²) in [5.41, 5.74) is 0.884. The maximum atomic E-state index is 12.8. The lowest BCUT2D eigenvalue weighted by atomic mass is 10.3. The van der Waals surface area contributed by atoms with Crippen LogP contribution in [0, 0.1) is 17.0 Å². The lowest BCUT2D eigenvalue weighted by Crippen LogP contribution is -2.14. The number of rotatable bonds is 3. The minimum atomic E-state index is -3.86. The molecule has 0 atom stereocenters. The van der Waals surface area contributed by atoms with Crippen molar-refractivity contribution in [2.75, 3.05) is 0 Å². The molecule has 0 N–H and O–H groups in total. The molecule has 0 radical (unpaired) electrons. The number of hydrogen-bond donors (Lipinski definition) is 0. The SMILES string of the molecule is Cc1nc2ccccc2n1S(=O)(=O)c1ccc([N+](=O)[O-])cc1. The predicted molar refractivity (Wildman–Crippen MR) is 80.2 cm³/mol. The van der Waals surface area contributed by atoms with Gasteiger partial charge in [-0.3, -0.25) is 10.1 Å². The van der Waals surface area contributed by atoms with E-state index in [0.717, 1.165) is 3.97 Å². The van der Waals surface area contributed by atoms with Gasteiger partial charge in [0, 0.05) is 12.1 Å². The van der Waals surface area contributed by atoms with E-state index in [-0.39, 0.29) is 10.6 Å². The number of non-ortho nitro benzene ring substituents is 1. The Morgan fingerprint density at radius 3 is 2.36 bits per heavy atom. The summed E-state index contributed by atoms with van der Waals surface area (Å²) in [4.78, 5) is 14.3. The van der Waals surface area contributed by atoms with Crippen LogP contribution in [-0.2, 0) is 10.0 Å². The Hall–Kier alpha value is -2.74. The number of benzene rings is 2. The molecule has 0 bridgehead atoms. The van der Waals surface area contributed by atoms with Gasteiger partial charge in [0.05, 0.1) is 20.9 Å². The van der Waals surface area contributed by atoms with Gasteiger partial charge in [0.15, 0.2) is 0 Å². The van der Waals surface area contributed by atoms with Crippen LogP contribution in [-0.4, -0.2) is 22.3 Å². The van der Waals surface area contributed by atoms with Gasteiger partial charge in [0.25, 0.3) is 15.7 Å². The zero-order valence-electron chi connectivity index (χ0n) is 11.5. The van der Waals surface area contributed by atoms with E-state index in [4.69, 9.17) is 0 Å². The first kappa shape index (κ1) is 14.2. The molecule has 0 fully saturated rings. The number of aromatic nitrogens is 2. The second-order valence-electron chi connectivity index (χ2n) is 4.67. The maximum absolute atomic E-state index is 12.8. The quantitative estimate of drug-likeness (QED) is 0.546. The van der Waals surface area contributed by atoms with Gasteiger partial charge in [-0.25, -0.2) is 17.4 Å². The third-order valence-electron chi connectivity index (χ3n) is 3.26. The number of fused-ring (bicyclic) bond motifs is 1. The molecule has 3 aromatic rings. The third kappa shape index (κ3) is 2.13. The van der Waals surface area contributed by atoms with Crippen molar-refractivity contribution >= 4 is 26.7 Å². The van der Waals surface area contributed by atoms with Crippen LogP contribution in [0.25, 0.3) is 11.0 Å². The van der Waals surface area contributed by atoms with E-state index in [0.29, 0.717) is 16.9 Å². The highest BCUT2D eigenvalue weighted by molar-refractivity contribution is 7.90. The van der Waals surface area contributed by atoms with E-state index in [1.165, 1.54) is 24.3 Å². The molecule has 3 rings (SSSR count). The van der Waals surface area contributed by atoms with Crippen LogP contribution in [0.3, 0.4) is 0 Å². The largest absolute Gasteiger partial charge is 0.269 e. The molecule has 112 valence electrons. The van der Waals surface area contributed by atoms with Crippen molar-refractivity contribution in [1.29, 1.82) is 0 Å². The molecule has 0 spiro atoms. The molecular weight excluding hydrogens is 306 g/mol. The zero-order chi connectivity index (χ0) is 15.9. The first-order valence-corrected chi connectivity index (χ1v) is 7.79. The first-order chi connectivity index (χ1) is 10.4. The standard InChI is InChI=1S/C14H11N3O4S/c1-10-15-13-4-2-3-5-14(13)16(10)22(20,21)12-8-6-11(7-9-12)17(18)19/h2-9H,1H3. The molecular formula is C14H11N3O4S. The summed E-state index contributed by atoms with van der Waals surface area (Å²) in [6, 6.07) is 11.7. The fraction of sp³-hybridized carbons (Fsp3) is 0.0714. The highest BCUT2D eigenvalue weighted by Crippen LogP contribution is 2.24. The van der Waals surface area contributed by atoms with E-state index in [1.807, 2.05) is 0 Å². The Labute approximate surface area is 126 Å². The maximum Gasteiger partial charge on any atom is 0.269 e. The van der Waals surface area contributed by atoms with E-state index in [1.54, 1.807) is 31.2 Å². The normalized spacial score (nSPS) is 11.7. The number of nitro benzene ring substituents is 1. The first-order valence-electron chi connectivity index (χ1n) is 6.35. The van der Waals surface area contributed by atoms with Crippen LogP contribution in [0.1, 0.15) is 5.82 Å². The average Bonchev–Trinajstić information content (AvgIpc) is 2.83. The minimum absolute atomic E-state index is 0.0237. The van der Waals surface area contributed by atoms with Crippen molar-refractivity contribution in [3.63, 3.8) is 0 Å². The average molecular weight is 317 g/mol. The van der Waals surface area contributed by atoms with Gasteiger partial charge in [0.2, 0.25) is 0 Å². The Balaban J connectivity index is 2.20. The highest BCUT2D eigenvalue weighted by Gasteiger charge is 2.23. The summed E-state index contributed by atoms with van der Waals surface area (Å²) >= 11 is 0. The van der Waals surface area contributed by atoms with E-state index in [2.05, 4.69) is 4.98 Å². The fourth-order valence-electron chi connectivity index (χ4n) is 2.27. The summed E-state index contributed by atoms with van der Waals surface area (Å²) in [5, 5.41) is 10.7. The number of para-hydroxylation sites is 2. The van der Waals surface area contributed by atoms with Gasteiger partial charge in [0.1, 0.15) is 5.82 Å². The second kappa shape index (κ2) is 4.92. The molecule has 0 unspecified atom stereocenters. The third-order valence-corrected chi connectivity index (χ3v) is 5.07. The van der Waals surface area contributed by atoms with Crippen molar-refractivity contribution in [3.05, 3.63) is 64.5 Å². The van der Waals surface area contributed by atoms with Gasteiger partial charge in [-0.15, -0.1) is 0 Å². The van der Waals surface area contributed by atoms with E-state index in [9.17, 15) is 18.5 Å². The van der Waals surface area contributed by atoms with Crippen molar-refractivity contribution < 1.29 is 13.3 Å². The molecule has 7 nitrogen and oxygen atoms in total. The molecule has 0 amide bonds. The monoisotopic (exact) mass is 317 g/mol. The topological polar surface area (TPSA) is 95.1 Å². The summed E-state index contributed by atoms with van der Waals surface area (Å²) in [6.07, 6.45) is 0. The smallest absolute Gasteiger partial charge is 0.258 e. The summed E-state index contributed by atoms with van der Waals surface area (Å²) in [5.74, 6) is 0.333. The molecule has 0 saturated carbocycles. The van der Waals surface area contributed by atoms with Crippen molar-refractivity contribution in [3.8, 4) is 0 Å². The number of nitro groups is 1.